The lowest BCUT2D eigenvalue weighted by atomic mass is 9.99. The van der Waals surface area contributed by atoms with Gasteiger partial charge in [-0.1, -0.05) is 17.1 Å². The van der Waals surface area contributed by atoms with Crippen LogP contribution in [0.1, 0.15) is 48.3 Å². The van der Waals surface area contributed by atoms with Gasteiger partial charge in [0.25, 0.3) is 0 Å². The Labute approximate surface area is 250 Å². The van der Waals surface area contributed by atoms with Crippen LogP contribution in [0.15, 0.2) is 46.3 Å². The predicted octanol–water partition coefficient (Wildman–Crippen LogP) is 5.69. The Hall–Kier alpha value is -4.41. The number of fused-ring (bicyclic) bond motifs is 1. The number of piperidine rings is 1. The molecular formula is C30H25F2N5O4S2. The summed E-state index contributed by atoms with van der Waals surface area (Å²) in [6, 6.07) is 8.54. The molecule has 0 spiro atoms. The number of hydrogen-bond acceptors (Lipinski definition) is 8. The summed E-state index contributed by atoms with van der Waals surface area (Å²) in [7, 11) is -3.27. The van der Waals surface area contributed by atoms with Crippen LogP contribution in [0.3, 0.4) is 0 Å². The van der Waals surface area contributed by atoms with Crippen LogP contribution in [0.25, 0.3) is 27.3 Å². The number of aryl methyl sites for hydroxylation is 2. The maximum absolute atomic E-state index is 14.3. The Balaban J connectivity index is 1.53. The molecule has 0 aliphatic carbocycles. The molecule has 1 amide bonds. The van der Waals surface area contributed by atoms with Crippen molar-refractivity contribution in [2.45, 2.75) is 39.2 Å². The van der Waals surface area contributed by atoms with Crippen LogP contribution in [-0.4, -0.2) is 46.0 Å². The molecule has 13 heteroatoms. The molecular weight excluding hydrogens is 596 g/mol. The summed E-state index contributed by atoms with van der Waals surface area (Å²) in [6.45, 7) is 3.69. The molecule has 6 rings (SSSR count). The maximum Gasteiger partial charge on any atom is 0.227 e. The van der Waals surface area contributed by atoms with E-state index in [0.717, 1.165) is 35.2 Å². The zero-order valence-corrected chi connectivity index (χ0v) is 25.0. The molecule has 3 aromatic heterocycles. The Kier molecular flexibility index (Phi) is 7.35. The first-order chi connectivity index (χ1) is 20.5. The third kappa shape index (κ3) is 5.55. The zero-order chi connectivity index (χ0) is 30.5. The van der Waals surface area contributed by atoms with Gasteiger partial charge in [-0.15, -0.1) is 11.3 Å². The van der Waals surface area contributed by atoms with E-state index in [1.54, 1.807) is 5.38 Å². The molecule has 1 fully saturated rings. The molecule has 0 N–H and O–H groups in total. The van der Waals surface area contributed by atoms with Crippen molar-refractivity contribution in [2.75, 3.05) is 16.9 Å². The number of benzene rings is 2. The maximum atomic E-state index is 14.3. The van der Waals surface area contributed by atoms with Gasteiger partial charge < -0.3 is 9.42 Å². The molecule has 1 unspecified atom stereocenters. The SMILES string of the molecule is Cc1noc(C)c1-c1ccc2c(c1)nc(C1CCCC(=O)N1c1ccc(F)c(F)c1)n2-c1nc(C#CCS(C)(=O)=O)cs1. The summed E-state index contributed by atoms with van der Waals surface area (Å²) >= 11 is 1.29. The van der Waals surface area contributed by atoms with Crippen LogP contribution >= 0.6 is 11.3 Å². The third-order valence-electron chi connectivity index (χ3n) is 7.16. The smallest absolute Gasteiger partial charge is 0.227 e. The normalized spacial score (nSPS) is 15.6. The van der Waals surface area contributed by atoms with Gasteiger partial charge in [0.1, 0.15) is 23.0 Å². The van der Waals surface area contributed by atoms with Gasteiger partial charge >= 0.3 is 0 Å². The second kappa shape index (κ2) is 11.0. The summed E-state index contributed by atoms with van der Waals surface area (Å²) in [5.41, 5.74) is 4.39. The van der Waals surface area contributed by atoms with E-state index < -0.39 is 27.5 Å². The number of aromatic nitrogens is 4. The number of anilines is 1. The molecule has 9 nitrogen and oxygen atoms in total. The number of sulfone groups is 1. The van der Waals surface area contributed by atoms with Crippen LogP contribution < -0.4 is 4.90 Å². The Morgan fingerprint density at radius 3 is 2.65 bits per heavy atom. The van der Waals surface area contributed by atoms with Crippen molar-refractivity contribution < 1.29 is 26.5 Å². The number of thiazole rings is 1. The highest BCUT2D eigenvalue weighted by atomic mass is 32.2. The number of halogens is 2. The quantitative estimate of drug-likeness (QED) is 0.232. The fraction of sp³-hybridized carbons (Fsp3) is 0.267. The Bertz CT molecular complexity index is 2050. The summed E-state index contributed by atoms with van der Waals surface area (Å²) < 4.78 is 58.4. The van der Waals surface area contributed by atoms with Crippen molar-refractivity contribution in [1.29, 1.82) is 0 Å². The van der Waals surface area contributed by atoms with Crippen molar-refractivity contribution in [3.63, 3.8) is 0 Å². The lowest BCUT2D eigenvalue weighted by molar-refractivity contribution is -0.120. The first-order valence-corrected chi connectivity index (χ1v) is 16.3. The van der Waals surface area contributed by atoms with E-state index in [-0.39, 0.29) is 23.8 Å². The summed E-state index contributed by atoms with van der Waals surface area (Å²) in [5, 5.41) is 6.29. The molecule has 2 aromatic carbocycles. The van der Waals surface area contributed by atoms with Crippen LogP contribution in [0, 0.1) is 37.3 Å². The third-order valence-corrected chi connectivity index (χ3v) is 8.66. The average Bonchev–Trinajstić information content (AvgIpc) is 3.65. The highest BCUT2D eigenvalue weighted by Gasteiger charge is 2.35. The van der Waals surface area contributed by atoms with Crippen molar-refractivity contribution in [3.8, 4) is 28.1 Å². The minimum Gasteiger partial charge on any atom is -0.361 e. The fourth-order valence-electron chi connectivity index (χ4n) is 5.33. The summed E-state index contributed by atoms with van der Waals surface area (Å²) in [6.07, 6.45) is 2.47. The molecule has 0 saturated carbocycles. The molecule has 220 valence electrons. The van der Waals surface area contributed by atoms with Crippen LogP contribution in [0.2, 0.25) is 0 Å². The second-order valence-corrected chi connectivity index (χ2v) is 13.3. The fourth-order valence-corrected chi connectivity index (χ4v) is 6.44. The molecule has 1 atom stereocenters. The van der Waals surface area contributed by atoms with E-state index >= 15 is 0 Å². The van der Waals surface area contributed by atoms with E-state index in [9.17, 15) is 22.0 Å². The zero-order valence-electron chi connectivity index (χ0n) is 23.4. The lowest BCUT2D eigenvalue weighted by Crippen LogP contribution is -2.39. The van der Waals surface area contributed by atoms with E-state index in [4.69, 9.17) is 9.51 Å². The van der Waals surface area contributed by atoms with Crippen molar-refractivity contribution in [1.82, 2.24) is 19.7 Å². The van der Waals surface area contributed by atoms with Crippen molar-refractivity contribution in [3.05, 3.63) is 76.4 Å². The van der Waals surface area contributed by atoms with Gasteiger partial charge in [0, 0.05) is 35.4 Å². The highest BCUT2D eigenvalue weighted by Crippen LogP contribution is 2.40. The van der Waals surface area contributed by atoms with Gasteiger partial charge in [-0.25, -0.2) is 27.2 Å². The van der Waals surface area contributed by atoms with Crippen LogP contribution in [0.4, 0.5) is 14.5 Å². The van der Waals surface area contributed by atoms with Gasteiger partial charge in [-0.3, -0.25) is 9.36 Å². The number of carbonyl (C=O) groups excluding carboxylic acids is 1. The van der Waals surface area contributed by atoms with Crippen molar-refractivity contribution in [2.24, 2.45) is 0 Å². The second-order valence-electron chi connectivity index (χ2n) is 10.4. The molecule has 1 aliphatic heterocycles. The predicted molar refractivity (Wildman–Crippen MR) is 159 cm³/mol. The monoisotopic (exact) mass is 621 g/mol. The van der Waals surface area contributed by atoms with E-state index in [1.165, 1.54) is 22.3 Å². The van der Waals surface area contributed by atoms with Crippen molar-refractivity contribution >= 4 is 43.8 Å². The van der Waals surface area contributed by atoms with E-state index in [1.807, 2.05) is 36.6 Å². The highest BCUT2D eigenvalue weighted by molar-refractivity contribution is 7.90. The molecule has 4 heterocycles. The minimum atomic E-state index is -3.27. The van der Waals surface area contributed by atoms with E-state index in [0.29, 0.717) is 46.3 Å². The number of nitrogens with zero attached hydrogens (tertiary/aromatic N) is 5. The first-order valence-electron chi connectivity index (χ1n) is 13.4. The lowest BCUT2D eigenvalue weighted by Gasteiger charge is -2.35. The number of amides is 1. The van der Waals surface area contributed by atoms with E-state index in [2.05, 4.69) is 22.0 Å². The van der Waals surface area contributed by atoms with Gasteiger partial charge in [0.15, 0.2) is 26.6 Å². The number of hydrogen-bond donors (Lipinski definition) is 0. The first kappa shape index (κ1) is 28.7. The van der Waals surface area contributed by atoms with Gasteiger partial charge in [-0.2, -0.15) is 0 Å². The summed E-state index contributed by atoms with van der Waals surface area (Å²) in [4.78, 5) is 24.4. The molecule has 5 aromatic rings. The summed E-state index contributed by atoms with van der Waals surface area (Å²) in [5.74, 6) is 4.02. The molecule has 1 aliphatic rings. The Morgan fingerprint density at radius 1 is 1.12 bits per heavy atom. The standard InChI is InChI=1S/C30H25F2N5O4S2/c1-17-28(18(2)41-35-17)19-9-12-25-24(14-19)34-29(37(25)30-33-20(16-42-30)6-5-13-43(3,39)40)26-7-4-8-27(38)36(26)21-10-11-22(31)23(32)15-21/h9-12,14-16,26H,4,7-8,13H2,1-3H3. The minimum absolute atomic E-state index is 0.232. The van der Waals surface area contributed by atoms with Gasteiger partial charge in [-0.05, 0) is 62.4 Å². The van der Waals surface area contributed by atoms with Crippen LogP contribution in [0.5, 0.6) is 0 Å². The topological polar surface area (TPSA) is 111 Å². The average molecular weight is 622 g/mol. The van der Waals surface area contributed by atoms with Gasteiger partial charge in [0.05, 0.1) is 22.8 Å². The molecule has 0 bridgehead atoms. The molecule has 0 radical (unpaired) electrons. The molecule has 1 saturated heterocycles. The van der Waals surface area contributed by atoms with Gasteiger partial charge in [0.2, 0.25) is 5.91 Å². The van der Waals surface area contributed by atoms with Crippen LogP contribution in [-0.2, 0) is 14.6 Å². The number of carbonyl (C=O) groups is 1. The number of imidazole rings is 1. The largest absolute Gasteiger partial charge is 0.361 e. The molecule has 43 heavy (non-hydrogen) atoms. The number of rotatable bonds is 5. The Morgan fingerprint density at radius 2 is 1.93 bits per heavy atom.